The lowest BCUT2D eigenvalue weighted by molar-refractivity contribution is -0.117. The van der Waals surface area contributed by atoms with E-state index in [-0.39, 0.29) is 29.3 Å². The van der Waals surface area contributed by atoms with Crippen molar-refractivity contribution < 1.29 is 9.18 Å². The van der Waals surface area contributed by atoms with Crippen molar-refractivity contribution in [1.29, 1.82) is 0 Å². The van der Waals surface area contributed by atoms with Gasteiger partial charge in [-0.3, -0.25) is 9.78 Å². The summed E-state index contributed by atoms with van der Waals surface area (Å²) >= 11 is 0. The number of hydrogen-bond acceptors (Lipinski definition) is 6. The number of anilines is 3. The molecule has 5 N–H and O–H groups in total. The molecule has 3 unspecified atom stereocenters. The molecule has 8 nitrogen and oxygen atoms in total. The molecule has 9 heteroatoms. The van der Waals surface area contributed by atoms with Gasteiger partial charge in [0.2, 0.25) is 5.91 Å². The average molecular weight is 460 g/mol. The molecule has 3 heterocycles. The van der Waals surface area contributed by atoms with Gasteiger partial charge in [0.1, 0.15) is 5.82 Å². The quantitative estimate of drug-likeness (QED) is 0.387. The summed E-state index contributed by atoms with van der Waals surface area (Å²) in [5.74, 6) is -0.00450. The molecule has 34 heavy (non-hydrogen) atoms. The third kappa shape index (κ3) is 3.44. The first-order chi connectivity index (χ1) is 16.3. The zero-order chi connectivity index (χ0) is 24.1. The van der Waals surface area contributed by atoms with Crippen LogP contribution in [0.15, 0.2) is 43.2 Å². The molecule has 1 fully saturated rings. The van der Waals surface area contributed by atoms with Crippen LogP contribution >= 0.6 is 0 Å². The fraction of sp³-hybridized carbons (Fsp3) is 0.280. The lowest BCUT2D eigenvalue weighted by Gasteiger charge is -2.13. The number of halogens is 1. The third-order valence-corrected chi connectivity index (χ3v) is 6.93. The normalized spacial score (nSPS) is 19.4. The van der Waals surface area contributed by atoms with Crippen LogP contribution in [0.25, 0.3) is 21.9 Å². The van der Waals surface area contributed by atoms with Crippen LogP contribution in [0, 0.1) is 24.6 Å². The van der Waals surface area contributed by atoms with Gasteiger partial charge in [-0.1, -0.05) is 13.3 Å². The molecule has 174 valence electrons. The number of hydrogen-bond donors (Lipinski definition) is 3. The molecule has 0 spiro atoms. The first-order valence-electron chi connectivity index (χ1n) is 11.2. The highest BCUT2D eigenvalue weighted by Crippen LogP contribution is 2.56. The standard InChI is InChI=1S/C25H26FN7O/c1-4-14-21(19-10-30-11-33(19)3)22(14)25(34)32-20-6-13-5-15(16-7-29-9-18(27)12(16)2)23(26)24(28)17(13)8-31-20/h5-11,14,21-22H,4,27-28H2,1-3H3,(H,31,32,34). The van der Waals surface area contributed by atoms with Crippen molar-refractivity contribution in [2.75, 3.05) is 16.8 Å². The van der Waals surface area contributed by atoms with Gasteiger partial charge >= 0.3 is 0 Å². The molecule has 0 aliphatic heterocycles. The maximum absolute atomic E-state index is 15.1. The van der Waals surface area contributed by atoms with Gasteiger partial charge in [-0.15, -0.1) is 0 Å². The van der Waals surface area contributed by atoms with E-state index in [2.05, 4.69) is 27.2 Å². The smallest absolute Gasteiger partial charge is 0.229 e. The summed E-state index contributed by atoms with van der Waals surface area (Å²) < 4.78 is 17.1. The molecule has 0 bridgehead atoms. The van der Waals surface area contributed by atoms with Gasteiger partial charge in [0.05, 0.1) is 29.8 Å². The van der Waals surface area contributed by atoms with Crippen LogP contribution in [0.1, 0.15) is 30.5 Å². The fourth-order valence-corrected chi connectivity index (χ4v) is 4.92. The zero-order valence-electron chi connectivity index (χ0n) is 19.2. The Kier molecular flexibility index (Phi) is 5.19. The van der Waals surface area contributed by atoms with Crippen LogP contribution in [0.5, 0.6) is 0 Å². The van der Waals surface area contributed by atoms with E-state index in [0.717, 1.165) is 17.7 Å². The predicted molar refractivity (Wildman–Crippen MR) is 130 cm³/mol. The maximum atomic E-state index is 15.1. The molecular formula is C25H26FN7O. The molecule has 3 aromatic heterocycles. The van der Waals surface area contributed by atoms with Crippen LogP contribution in [-0.4, -0.2) is 25.4 Å². The van der Waals surface area contributed by atoms with Gasteiger partial charge in [0, 0.05) is 53.8 Å². The molecule has 3 atom stereocenters. The Morgan fingerprint density at radius 3 is 2.65 bits per heavy atom. The van der Waals surface area contributed by atoms with Crippen LogP contribution in [0.3, 0.4) is 0 Å². The lowest BCUT2D eigenvalue weighted by Crippen LogP contribution is -2.16. The van der Waals surface area contributed by atoms with E-state index in [1.807, 2.05) is 24.7 Å². The number of aromatic nitrogens is 4. The number of pyridine rings is 2. The van der Waals surface area contributed by atoms with Gasteiger partial charge in [0.15, 0.2) is 5.82 Å². The molecule has 1 aromatic carbocycles. The maximum Gasteiger partial charge on any atom is 0.229 e. The minimum atomic E-state index is -0.552. The molecule has 1 saturated carbocycles. The first kappa shape index (κ1) is 21.8. The molecule has 0 radical (unpaired) electrons. The van der Waals surface area contributed by atoms with E-state index in [1.165, 1.54) is 12.4 Å². The number of benzene rings is 1. The van der Waals surface area contributed by atoms with Gasteiger partial charge in [-0.25, -0.2) is 14.4 Å². The third-order valence-electron chi connectivity index (χ3n) is 6.93. The number of fused-ring (bicyclic) bond motifs is 1. The number of aryl methyl sites for hydroxylation is 1. The summed E-state index contributed by atoms with van der Waals surface area (Å²) in [6, 6.07) is 3.40. The minimum absolute atomic E-state index is 0.00999. The minimum Gasteiger partial charge on any atom is -0.397 e. The fourth-order valence-electron chi connectivity index (χ4n) is 4.92. The van der Waals surface area contributed by atoms with E-state index >= 15 is 4.39 Å². The molecule has 1 aliphatic carbocycles. The predicted octanol–water partition coefficient (Wildman–Crippen LogP) is 4.02. The number of amides is 1. The van der Waals surface area contributed by atoms with Gasteiger partial charge in [-0.2, -0.15) is 0 Å². The SMILES string of the molecule is CCC1C(C(=O)Nc2cc3cc(-c4cncc(N)c4C)c(F)c(N)c3cn2)C1c1cncn1C. The Labute approximate surface area is 196 Å². The van der Waals surface area contributed by atoms with Crippen molar-refractivity contribution >= 4 is 33.9 Å². The van der Waals surface area contributed by atoms with E-state index in [9.17, 15) is 4.79 Å². The van der Waals surface area contributed by atoms with Gasteiger partial charge < -0.3 is 21.4 Å². The number of nitrogens with two attached hydrogens (primary N) is 2. The van der Waals surface area contributed by atoms with E-state index in [1.54, 1.807) is 24.7 Å². The zero-order valence-corrected chi connectivity index (χ0v) is 19.2. The van der Waals surface area contributed by atoms with Crippen LogP contribution < -0.4 is 16.8 Å². The monoisotopic (exact) mass is 459 g/mol. The number of carbonyl (C=O) groups excluding carboxylic acids is 1. The summed E-state index contributed by atoms with van der Waals surface area (Å²) in [6.45, 7) is 3.89. The Balaban J connectivity index is 1.47. The molecule has 5 rings (SSSR count). The van der Waals surface area contributed by atoms with Crippen molar-refractivity contribution in [2.45, 2.75) is 26.2 Å². The van der Waals surface area contributed by atoms with Crippen molar-refractivity contribution in [3.05, 3.63) is 60.3 Å². The van der Waals surface area contributed by atoms with Crippen molar-refractivity contribution in [1.82, 2.24) is 19.5 Å². The summed E-state index contributed by atoms with van der Waals surface area (Å²) in [6.07, 6.45) is 9.04. The molecule has 1 aliphatic rings. The molecule has 1 amide bonds. The highest BCUT2D eigenvalue weighted by molar-refractivity contribution is 6.01. The van der Waals surface area contributed by atoms with Crippen LogP contribution in [-0.2, 0) is 11.8 Å². The number of nitrogens with zero attached hydrogens (tertiary/aromatic N) is 4. The molecular weight excluding hydrogens is 433 g/mol. The van der Waals surface area contributed by atoms with Crippen molar-refractivity contribution in [3.63, 3.8) is 0 Å². The second kappa shape index (κ2) is 8.09. The van der Waals surface area contributed by atoms with Crippen molar-refractivity contribution in [2.24, 2.45) is 18.9 Å². The first-order valence-corrected chi connectivity index (χ1v) is 11.2. The van der Waals surface area contributed by atoms with E-state index in [0.29, 0.717) is 33.4 Å². The highest BCUT2D eigenvalue weighted by Gasteiger charge is 2.55. The van der Waals surface area contributed by atoms with E-state index < -0.39 is 5.82 Å². The number of carbonyl (C=O) groups is 1. The number of nitrogen functional groups attached to an aromatic ring is 2. The summed E-state index contributed by atoms with van der Waals surface area (Å²) in [7, 11) is 1.94. The van der Waals surface area contributed by atoms with Gasteiger partial charge in [-0.05, 0) is 35.9 Å². The number of rotatable bonds is 5. The topological polar surface area (TPSA) is 125 Å². The summed E-state index contributed by atoms with van der Waals surface area (Å²) in [5, 5.41) is 4.07. The lowest BCUT2D eigenvalue weighted by atomic mass is 9.97. The summed E-state index contributed by atoms with van der Waals surface area (Å²) in [4.78, 5) is 25.7. The van der Waals surface area contributed by atoms with Crippen LogP contribution in [0.4, 0.5) is 21.6 Å². The second-order valence-electron chi connectivity index (χ2n) is 8.89. The van der Waals surface area contributed by atoms with E-state index in [4.69, 9.17) is 11.5 Å². The second-order valence-corrected chi connectivity index (χ2v) is 8.89. The number of imidazole rings is 1. The Morgan fingerprint density at radius 1 is 1.15 bits per heavy atom. The highest BCUT2D eigenvalue weighted by atomic mass is 19.1. The largest absolute Gasteiger partial charge is 0.397 e. The average Bonchev–Trinajstić information content (AvgIpc) is 3.40. The Morgan fingerprint density at radius 2 is 1.94 bits per heavy atom. The Hall–Kier alpha value is -4.01. The molecule has 0 saturated heterocycles. The van der Waals surface area contributed by atoms with Gasteiger partial charge in [0.25, 0.3) is 0 Å². The molecule has 4 aromatic rings. The van der Waals surface area contributed by atoms with Crippen molar-refractivity contribution in [3.8, 4) is 11.1 Å². The Bertz CT molecular complexity index is 1430. The summed E-state index contributed by atoms with van der Waals surface area (Å²) in [5.41, 5.74) is 15.2. The number of nitrogens with one attached hydrogen (secondary N) is 1. The van der Waals surface area contributed by atoms with Crippen LogP contribution in [0.2, 0.25) is 0 Å².